The molecule has 0 spiro atoms. The van der Waals surface area contributed by atoms with E-state index in [0.29, 0.717) is 11.4 Å². The highest BCUT2D eigenvalue weighted by Gasteiger charge is 2.08. The van der Waals surface area contributed by atoms with E-state index in [4.69, 9.17) is 0 Å². The van der Waals surface area contributed by atoms with Crippen LogP contribution in [0.1, 0.15) is 6.92 Å². The Morgan fingerprint density at radius 1 is 0.955 bits per heavy atom. The summed E-state index contributed by atoms with van der Waals surface area (Å²) in [6, 6.07) is 16.8. The Morgan fingerprint density at radius 3 is 2.23 bits per heavy atom. The Bertz CT molecular complexity index is 656. The fraction of sp³-hybridized carbons (Fsp3) is 0.176. The second kappa shape index (κ2) is 7.26. The molecule has 2 rings (SSSR count). The van der Waals surface area contributed by atoms with Crippen LogP contribution in [0.4, 0.5) is 17.1 Å². The largest absolute Gasteiger partial charge is 0.365 e. The summed E-state index contributed by atoms with van der Waals surface area (Å²) in [7, 11) is 1.86. The molecule has 0 heterocycles. The number of anilines is 3. The van der Waals surface area contributed by atoms with E-state index in [2.05, 4.69) is 10.6 Å². The molecule has 2 aromatic rings. The van der Waals surface area contributed by atoms with Gasteiger partial charge < -0.3 is 15.5 Å². The first-order chi connectivity index (χ1) is 10.5. The van der Waals surface area contributed by atoms with Gasteiger partial charge in [0.15, 0.2) is 0 Å². The molecule has 0 unspecified atom stereocenters. The quantitative estimate of drug-likeness (QED) is 0.892. The van der Waals surface area contributed by atoms with Crippen molar-refractivity contribution in [2.75, 3.05) is 29.1 Å². The number of nitrogens with zero attached hydrogens (tertiary/aromatic N) is 1. The topological polar surface area (TPSA) is 61.4 Å². The Balaban J connectivity index is 1.96. The molecule has 0 aromatic heterocycles. The van der Waals surface area contributed by atoms with Gasteiger partial charge in [-0.25, -0.2) is 0 Å². The molecule has 0 saturated heterocycles. The summed E-state index contributed by atoms with van der Waals surface area (Å²) >= 11 is 0. The van der Waals surface area contributed by atoms with Crippen LogP contribution < -0.4 is 15.5 Å². The van der Waals surface area contributed by atoms with Gasteiger partial charge in [0.25, 0.3) is 0 Å². The molecule has 22 heavy (non-hydrogen) atoms. The fourth-order valence-electron chi connectivity index (χ4n) is 2.07. The van der Waals surface area contributed by atoms with E-state index in [-0.39, 0.29) is 18.4 Å². The summed E-state index contributed by atoms with van der Waals surface area (Å²) < 4.78 is 0. The van der Waals surface area contributed by atoms with Crippen LogP contribution in [0.25, 0.3) is 0 Å². The zero-order valence-corrected chi connectivity index (χ0v) is 12.7. The first kappa shape index (κ1) is 15.6. The minimum absolute atomic E-state index is 0.119. The number of carbonyl (C=O) groups is 2. The van der Waals surface area contributed by atoms with Gasteiger partial charge in [-0.15, -0.1) is 0 Å². The van der Waals surface area contributed by atoms with Crippen molar-refractivity contribution >= 4 is 28.9 Å². The average molecular weight is 297 g/mol. The molecule has 0 atom stereocenters. The Morgan fingerprint density at radius 2 is 1.59 bits per heavy atom. The summed E-state index contributed by atoms with van der Waals surface area (Å²) in [6.45, 7) is 1.69. The zero-order chi connectivity index (χ0) is 15.9. The molecule has 2 N–H and O–H groups in total. The minimum atomic E-state index is -0.146. The van der Waals surface area contributed by atoms with Crippen LogP contribution in [-0.4, -0.2) is 25.4 Å². The van der Waals surface area contributed by atoms with Crippen LogP contribution in [-0.2, 0) is 9.59 Å². The third kappa shape index (κ3) is 4.63. The van der Waals surface area contributed by atoms with E-state index in [1.807, 2.05) is 42.3 Å². The maximum absolute atomic E-state index is 12.1. The predicted molar refractivity (Wildman–Crippen MR) is 89.1 cm³/mol. The van der Waals surface area contributed by atoms with E-state index < -0.39 is 0 Å². The van der Waals surface area contributed by atoms with Crippen LogP contribution in [0.15, 0.2) is 54.6 Å². The molecule has 114 valence electrons. The summed E-state index contributed by atoms with van der Waals surface area (Å²) in [4.78, 5) is 25.0. The zero-order valence-electron chi connectivity index (χ0n) is 12.7. The molecule has 5 heteroatoms. The molecule has 0 fully saturated rings. The van der Waals surface area contributed by atoms with Crippen molar-refractivity contribution in [2.45, 2.75) is 6.92 Å². The molecule has 2 aromatic carbocycles. The van der Waals surface area contributed by atoms with Gasteiger partial charge in [0.1, 0.15) is 0 Å². The monoisotopic (exact) mass is 297 g/mol. The Kier molecular flexibility index (Phi) is 5.14. The number of benzene rings is 2. The highest BCUT2D eigenvalue weighted by molar-refractivity contribution is 5.95. The lowest BCUT2D eigenvalue weighted by molar-refractivity contribution is -0.115. The molecular formula is C17H19N3O2. The summed E-state index contributed by atoms with van der Waals surface area (Å²) in [5, 5.41) is 5.51. The number of amides is 2. The van der Waals surface area contributed by atoms with Crippen LogP contribution >= 0.6 is 0 Å². The molecule has 0 aliphatic heterocycles. The van der Waals surface area contributed by atoms with Gasteiger partial charge in [-0.2, -0.15) is 0 Å². The van der Waals surface area contributed by atoms with Crippen molar-refractivity contribution in [2.24, 2.45) is 0 Å². The molecule has 0 saturated carbocycles. The standard InChI is InChI=1S/C17H19N3O2/c1-13(21)18-14-7-6-8-15(11-14)19-17(22)12-20(2)16-9-4-3-5-10-16/h3-11H,12H2,1-2H3,(H,18,21)(H,19,22). The van der Waals surface area contributed by atoms with Crippen LogP contribution in [0.2, 0.25) is 0 Å². The lowest BCUT2D eigenvalue weighted by Crippen LogP contribution is -2.30. The molecule has 0 aliphatic carbocycles. The molecule has 2 amide bonds. The van der Waals surface area contributed by atoms with Gasteiger partial charge in [-0.3, -0.25) is 9.59 Å². The minimum Gasteiger partial charge on any atom is -0.365 e. The Labute approximate surface area is 129 Å². The van der Waals surface area contributed by atoms with Gasteiger partial charge in [-0.05, 0) is 30.3 Å². The average Bonchev–Trinajstić information content (AvgIpc) is 2.47. The number of carbonyl (C=O) groups excluding carboxylic acids is 2. The maximum atomic E-state index is 12.1. The summed E-state index contributed by atoms with van der Waals surface area (Å²) in [6.07, 6.45) is 0. The molecule has 0 bridgehead atoms. The number of hydrogen-bond acceptors (Lipinski definition) is 3. The van der Waals surface area contributed by atoms with E-state index in [9.17, 15) is 9.59 Å². The molecule has 0 aliphatic rings. The van der Waals surface area contributed by atoms with E-state index >= 15 is 0 Å². The fourth-order valence-corrected chi connectivity index (χ4v) is 2.07. The van der Waals surface area contributed by atoms with E-state index in [1.165, 1.54) is 6.92 Å². The number of rotatable bonds is 5. The summed E-state index contributed by atoms with van der Waals surface area (Å²) in [5.41, 5.74) is 2.28. The Hall–Kier alpha value is -2.82. The van der Waals surface area contributed by atoms with Crippen molar-refractivity contribution in [3.05, 3.63) is 54.6 Å². The van der Waals surface area contributed by atoms with Crippen molar-refractivity contribution < 1.29 is 9.59 Å². The van der Waals surface area contributed by atoms with Crippen LogP contribution in [0.3, 0.4) is 0 Å². The predicted octanol–water partition coefficient (Wildman–Crippen LogP) is 2.72. The summed E-state index contributed by atoms with van der Waals surface area (Å²) in [5.74, 6) is -0.265. The second-order valence-corrected chi connectivity index (χ2v) is 5.00. The maximum Gasteiger partial charge on any atom is 0.243 e. The third-order valence-corrected chi connectivity index (χ3v) is 3.04. The van der Waals surface area contributed by atoms with E-state index in [1.54, 1.807) is 24.3 Å². The van der Waals surface area contributed by atoms with Gasteiger partial charge in [0.05, 0.1) is 6.54 Å². The normalized spacial score (nSPS) is 9.91. The SMILES string of the molecule is CC(=O)Nc1cccc(NC(=O)CN(C)c2ccccc2)c1. The first-order valence-electron chi connectivity index (χ1n) is 6.98. The van der Waals surface area contributed by atoms with E-state index in [0.717, 1.165) is 5.69 Å². The molecular weight excluding hydrogens is 278 g/mol. The second-order valence-electron chi connectivity index (χ2n) is 5.00. The smallest absolute Gasteiger partial charge is 0.243 e. The number of likely N-dealkylation sites (N-methyl/N-ethyl adjacent to an activating group) is 1. The highest BCUT2D eigenvalue weighted by Crippen LogP contribution is 2.15. The van der Waals surface area contributed by atoms with Crippen molar-refractivity contribution in [3.63, 3.8) is 0 Å². The lowest BCUT2D eigenvalue weighted by Gasteiger charge is -2.18. The van der Waals surface area contributed by atoms with Gasteiger partial charge >= 0.3 is 0 Å². The van der Waals surface area contributed by atoms with Crippen LogP contribution in [0.5, 0.6) is 0 Å². The van der Waals surface area contributed by atoms with Crippen molar-refractivity contribution in [1.82, 2.24) is 0 Å². The van der Waals surface area contributed by atoms with Crippen molar-refractivity contribution in [3.8, 4) is 0 Å². The molecule has 0 radical (unpaired) electrons. The number of nitrogens with one attached hydrogen (secondary N) is 2. The number of para-hydroxylation sites is 1. The van der Waals surface area contributed by atoms with Gasteiger partial charge in [0, 0.05) is 31.0 Å². The van der Waals surface area contributed by atoms with Gasteiger partial charge in [0.2, 0.25) is 11.8 Å². The first-order valence-corrected chi connectivity index (χ1v) is 6.98. The van der Waals surface area contributed by atoms with Crippen LogP contribution in [0, 0.1) is 0 Å². The highest BCUT2D eigenvalue weighted by atomic mass is 16.2. The van der Waals surface area contributed by atoms with Gasteiger partial charge in [-0.1, -0.05) is 24.3 Å². The lowest BCUT2D eigenvalue weighted by atomic mass is 10.2. The number of hydrogen-bond donors (Lipinski definition) is 2. The molecule has 5 nitrogen and oxygen atoms in total. The third-order valence-electron chi connectivity index (χ3n) is 3.04. The van der Waals surface area contributed by atoms with Crippen molar-refractivity contribution in [1.29, 1.82) is 0 Å².